The quantitative estimate of drug-likeness (QED) is 0.469. The number of hydrogen-bond donors (Lipinski definition) is 0. The highest BCUT2D eigenvalue weighted by Gasteiger charge is 2.51. The molecule has 2 atom stereocenters. The Labute approximate surface area is 152 Å². The molecular weight excluding hydrogens is 320 g/mol. The van der Waals surface area contributed by atoms with E-state index in [0.717, 1.165) is 0 Å². The van der Waals surface area contributed by atoms with Crippen LogP contribution in [-0.4, -0.2) is 15.2 Å². The van der Waals surface area contributed by atoms with E-state index < -0.39 is 15.2 Å². The van der Waals surface area contributed by atoms with Gasteiger partial charge in [-0.2, -0.15) is 0 Å². The molecule has 0 N–H and O–H groups in total. The minimum absolute atomic E-state index is 0.659. The smallest absolute Gasteiger partial charge is 0.0733 e. The van der Waals surface area contributed by atoms with E-state index in [1.807, 2.05) is 10.4 Å². The summed E-state index contributed by atoms with van der Waals surface area (Å²) in [6.07, 6.45) is 0. The van der Waals surface area contributed by atoms with Gasteiger partial charge in [-0.25, -0.2) is 0 Å². The summed E-state index contributed by atoms with van der Waals surface area (Å²) < 4.78 is 0. The number of hydrogen-bond acceptors (Lipinski definition) is 0. The van der Waals surface area contributed by atoms with E-state index in [0.29, 0.717) is 11.8 Å². The molecule has 24 heavy (non-hydrogen) atoms. The number of rotatable bonds is 3. The summed E-state index contributed by atoms with van der Waals surface area (Å²) in [4.78, 5) is 0. The molecule has 0 heterocycles. The lowest BCUT2D eigenvalue weighted by Crippen LogP contribution is -2.60. The Bertz CT molecular complexity index is 646. The zero-order valence-electron chi connectivity index (χ0n) is 18.2. The summed E-state index contributed by atoms with van der Waals surface area (Å²) in [5.74, 6) is 1.32. The van der Waals surface area contributed by atoms with Crippen molar-refractivity contribution in [2.45, 2.75) is 81.6 Å². The lowest BCUT2D eigenvalue weighted by Gasteiger charge is -2.45. The second kappa shape index (κ2) is 5.98. The summed E-state index contributed by atoms with van der Waals surface area (Å²) >= 11 is 0. The van der Waals surface area contributed by atoms with Gasteiger partial charge in [0, 0.05) is 0 Å². The van der Waals surface area contributed by atoms with Crippen molar-refractivity contribution in [2.24, 2.45) is 11.8 Å². The Morgan fingerprint density at radius 1 is 0.500 bits per heavy atom. The molecule has 0 aliphatic heterocycles. The highest BCUT2D eigenvalue weighted by Crippen LogP contribution is 2.49. The molecule has 2 aliphatic carbocycles. The van der Waals surface area contributed by atoms with E-state index in [1.54, 1.807) is 33.4 Å². The van der Waals surface area contributed by atoms with Crippen molar-refractivity contribution in [3.63, 3.8) is 0 Å². The maximum Gasteiger partial charge on any atom is 0.0748 e. The average molecular weight is 359 g/mol. The molecule has 0 radical (unpaired) electrons. The van der Waals surface area contributed by atoms with Crippen molar-refractivity contribution in [3.05, 3.63) is 43.8 Å². The SMILES string of the molecule is CC1=C(C)C(C)C([Si](C)(C)[Si](C)(C)C2=C(C)C(C)=C(C)C2C)=C1C. The zero-order valence-corrected chi connectivity index (χ0v) is 20.2. The normalized spacial score (nSPS) is 26.5. The molecule has 0 nitrogen and oxygen atoms in total. The van der Waals surface area contributed by atoms with Crippen molar-refractivity contribution >= 4 is 15.2 Å². The summed E-state index contributed by atoms with van der Waals surface area (Å²) in [7, 11) is -3.05. The van der Waals surface area contributed by atoms with Crippen molar-refractivity contribution in [3.8, 4) is 0 Å². The van der Waals surface area contributed by atoms with E-state index in [9.17, 15) is 0 Å². The van der Waals surface area contributed by atoms with E-state index in [2.05, 4.69) is 81.6 Å². The molecular formula is C22H38Si2. The highest BCUT2D eigenvalue weighted by atomic mass is 29.3. The monoisotopic (exact) mass is 358 g/mol. The van der Waals surface area contributed by atoms with Gasteiger partial charge in [0.1, 0.15) is 0 Å². The van der Waals surface area contributed by atoms with Crippen LogP contribution in [0.2, 0.25) is 26.2 Å². The van der Waals surface area contributed by atoms with Gasteiger partial charge in [0.2, 0.25) is 0 Å². The molecule has 0 aromatic carbocycles. The predicted octanol–water partition coefficient (Wildman–Crippen LogP) is 7.17. The molecule has 0 spiro atoms. The molecule has 2 rings (SSSR count). The van der Waals surface area contributed by atoms with Gasteiger partial charge in [0.15, 0.2) is 0 Å². The third-order valence-corrected chi connectivity index (χ3v) is 26.6. The minimum atomic E-state index is -1.52. The first-order valence-electron chi connectivity index (χ1n) is 9.56. The van der Waals surface area contributed by atoms with Crippen LogP contribution in [0.15, 0.2) is 43.8 Å². The van der Waals surface area contributed by atoms with E-state index in [4.69, 9.17) is 0 Å². The minimum Gasteiger partial charge on any atom is -0.0733 e. The molecule has 0 aromatic rings. The lowest BCUT2D eigenvalue weighted by molar-refractivity contribution is 0.843. The van der Waals surface area contributed by atoms with E-state index in [1.165, 1.54) is 0 Å². The fourth-order valence-electron chi connectivity index (χ4n) is 5.42. The zero-order chi connectivity index (χ0) is 18.8. The van der Waals surface area contributed by atoms with Crippen LogP contribution in [-0.2, 0) is 0 Å². The Morgan fingerprint density at radius 3 is 0.917 bits per heavy atom. The van der Waals surface area contributed by atoms with Crippen molar-refractivity contribution < 1.29 is 0 Å². The van der Waals surface area contributed by atoms with Crippen molar-refractivity contribution in [1.82, 2.24) is 0 Å². The van der Waals surface area contributed by atoms with Crippen LogP contribution in [0.3, 0.4) is 0 Å². The van der Waals surface area contributed by atoms with Gasteiger partial charge >= 0.3 is 0 Å². The summed E-state index contributed by atoms with van der Waals surface area (Å²) in [6, 6.07) is 0. The summed E-state index contributed by atoms with van der Waals surface area (Å²) in [5.41, 5.74) is 9.62. The van der Waals surface area contributed by atoms with Crippen LogP contribution in [0.1, 0.15) is 55.4 Å². The molecule has 0 fully saturated rings. The fourth-order valence-corrected chi connectivity index (χ4v) is 18.1. The highest BCUT2D eigenvalue weighted by molar-refractivity contribution is 7.46. The first-order valence-corrected chi connectivity index (χ1v) is 16.6. The molecule has 2 heteroatoms. The van der Waals surface area contributed by atoms with Crippen LogP contribution in [0, 0.1) is 11.8 Å². The topological polar surface area (TPSA) is 0 Å². The Balaban J connectivity index is 2.59. The first kappa shape index (κ1) is 19.7. The van der Waals surface area contributed by atoms with E-state index >= 15 is 0 Å². The number of allylic oxidation sites excluding steroid dienone is 8. The predicted molar refractivity (Wildman–Crippen MR) is 115 cm³/mol. The maximum absolute atomic E-state index is 2.68. The molecule has 134 valence electrons. The second-order valence-electron chi connectivity index (χ2n) is 9.39. The third kappa shape index (κ3) is 2.44. The Hall–Kier alpha value is -0.606. The van der Waals surface area contributed by atoms with Gasteiger partial charge in [0.05, 0.1) is 15.2 Å². The lowest BCUT2D eigenvalue weighted by atomic mass is 10.1. The molecule has 0 amide bonds. The average Bonchev–Trinajstić information content (AvgIpc) is 2.80. The van der Waals surface area contributed by atoms with E-state index in [-0.39, 0.29) is 0 Å². The van der Waals surface area contributed by atoms with Gasteiger partial charge in [-0.3, -0.25) is 0 Å². The van der Waals surface area contributed by atoms with Crippen LogP contribution in [0.5, 0.6) is 0 Å². The van der Waals surface area contributed by atoms with Crippen LogP contribution in [0.4, 0.5) is 0 Å². The Morgan fingerprint density at radius 2 is 0.750 bits per heavy atom. The first-order chi connectivity index (χ1) is 10.8. The largest absolute Gasteiger partial charge is 0.0748 e. The van der Waals surface area contributed by atoms with Gasteiger partial charge in [-0.15, -0.1) is 0 Å². The van der Waals surface area contributed by atoms with Crippen LogP contribution < -0.4 is 0 Å². The van der Waals surface area contributed by atoms with Crippen molar-refractivity contribution in [1.29, 1.82) is 0 Å². The van der Waals surface area contributed by atoms with Crippen LogP contribution >= 0.6 is 0 Å². The standard InChI is InChI=1S/C22H38Si2/c1-13-14(2)18(6)21(17(13)5)23(9,10)24(11,12)22-19(7)15(3)16(4)20(22)8/h17,19H,1-12H3. The Kier molecular flexibility index (Phi) is 4.91. The third-order valence-electron chi connectivity index (χ3n) is 8.19. The molecule has 2 unspecified atom stereocenters. The second-order valence-corrected chi connectivity index (χ2v) is 24.5. The molecule has 0 saturated heterocycles. The van der Waals surface area contributed by atoms with Gasteiger partial charge in [-0.1, -0.05) is 72.7 Å². The summed E-state index contributed by atoms with van der Waals surface area (Å²) in [5, 5.41) is 3.70. The van der Waals surface area contributed by atoms with Gasteiger partial charge in [0.25, 0.3) is 0 Å². The fraction of sp³-hybridized carbons (Fsp3) is 0.636. The van der Waals surface area contributed by atoms with Gasteiger partial charge < -0.3 is 0 Å². The van der Waals surface area contributed by atoms with Gasteiger partial charge in [-0.05, 0) is 64.5 Å². The van der Waals surface area contributed by atoms with Crippen LogP contribution in [0.25, 0.3) is 0 Å². The molecule has 2 aliphatic rings. The van der Waals surface area contributed by atoms with Crippen molar-refractivity contribution in [2.75, 3.05) is 0 Å². The molecule has 0 aromatic heterocycles. The maximum atomic E-state index is 2.68. The summed E-state index contributed by atoms with van der Waals surface area (Å²) in [6.45, 7) is 29.8. The molecule has 0 bridgehead atoms. The molecule has 0 saturated carbocycles.